The minimum absolute atomic E-state index is 0.0929. The van der Waals surface area contributed by atoms with Crippen LogP contribution in [0.3, 0.4) is 0 Å². The Labute approximate surface area is 144 Å². The summed E-state index contributed by atoms with van der Waals surface area (Å²) in [6, 6.07) is 8.52. The van der Waals surface area contributed by atoms with Gasteiger partial charge >= 0.3 is 0 Å². The van der Waals surface area contributed by atoms with Crippen molar-refractivity contribution in [3.8, 4) is 0 Å². The molecule has 5 heteroatoms. The Hall–Kier alpha value is -2.14. The summed E-state index contributed by atoms with van der Waals surface area (Å²) >= 11 is 0. The molecule has 2 rings (SSSR count). The van der Waals surface area contributed by atoms with E-state index in [1.807, 2.05) is 18.7 Å². The number of nitrogens with one attached hydrogen (secondary N) is 2. The van der Waals surface area contributed by atoms with E-state index < -0.39 is 0 Å². The van der Waals surface area contributed by atoms with Gasteiger partial charge < -0.3 is 10.6 Å². The zero-order valence-electron chi connectivity index (χ0n) is 15.1. The molecule has 0 atom stereocenters. The van der Waals surface area contributed by atoms with Gasteiger partial charge in [0.2, 0.25) is 5.91 Å². The van der Waals surface area contributed by atoms with Gasteiger partial charge in [0, 0.05) is 25.2 Å². The number of carbonyl (C=O) groups is 1. The van der Waals surface area contributed by atoms with Crippen LogP contribution in [0.25, 0.3) is 0 Å². The van der Waals surface area contributed by atoms with Gasteiger partial charge in [-0.25, -0.2) is 0 Å². The molecule has 1 aromatic heterocycles. The van der Waals surface area contributed by atoms with Crippen LogP contribution >= 0.6 is 0 Å². The number of benzene rings is 1. The number of aromatic nitrogens is 2. The van der Waals surface area contributed by atoms with E-state index in [0.717, 1.165) is 30.9 Å². The molecule has 0 radical (unpaired) electrons. The number of likely N-dealkylation sites (N-methyl/N-ethyl adjacent to an activating group) is 1. The molecule has 0 unspecified atom stereocenters. The molecule has 130 valence electrons. The van der Waals surface area contributed by atoms with Crippen LogP contribution in [-0.2, 0) is 17.8 Å². The molecular formula is C19H28N4O. The van der Waals surface area contributed by atoms with Crippen LogP contribution < -0.4 is 10.6 Å². The molecular weight excluding hydrogens is 300 g/mol. The molecule has 2 aromatic rings. The van der Waals surface area contributed by atoms with E-state index in [1.165, 1.54) is 16.7 Å². The number of hydrogen-bond acceptors (Lipinski definition) is 3. The second-order valence-electron chi connectivity index (χ2n) is 6.25. The maximum atomic E-state index is 11.9. The SMILES string of the molecule is CNCCNC(=O)CCc1c(C)nn(Cc2ccc(C)cc2)c1C. The van der Waals surface area contributed by atoms with Gasteiger partial charge in [-0.2, -0.15) is 5.10 Å². The van der Waals surface area contributed by atoms with E-state index in [2.05, 4.69) is 53.8 Å². The first-order chi connectivity index (χ1) is 11.5. The molecule has 0 saturated heterocycles. The first-order valence-electron chi connectivity index (χ1n) is 8.51. The van der Waals surface area contributed by atoms with Gasteiger partial charge in [0.1, 0.15) is 0 Å². The molecule has 5 nitrogen and oxygen atoms in total. The van der Waals surface area contributed by atoms with Gasteiger partial charge in [-0.1, -0.05) is 29.8 Å². The highest BCUT2D eigenvalue weighted by Crippen LogP contribution is 2.17. The number of carbonyl (C=O) groups excluding carboxylic acids is 1. The Morgan fingerprint density at radius 3 is 2.50 bits per heavy atom. The van der Waals surface area contributed by atoms with Crippen LogP contribution in [0.15, 0.2) is 24.3 Å². The fraction of sp³-hybridized carbons (Fsp3) is 0.474. The first kappa shape index (κ1) is 18.2. The van der Waals surface area contributed by atoms with Crippen molar-refractivity contribution in [3.05, 3.63) is 52.3 Å². The lowest BCUT2D eigenvalue weighted by molar-refractivity contribution is -0.121. The Morgan fingerprint density at radius 1 is 1.12 bits per heavy atom. The van der Waals surface area contributed by atoms with Crippen molar-refractivity contribution in [2.75, 3.05) is 20.1 Å². The van der Waals surface area contributed by atoms with Gasteiger partial charge in [-0.3, -0.25) is 9.48 Å². The lowest BCUT2D eigenvalue weighted by Gasteiger charge is -2.07. The summed E-state index contributed by atoms with van der Waals surface area (Å²) < 4.78 is 2.04. The van der Waals surface area contributed by atoms with E-state index in [9.17, 15) is 4.79 Å². The monoisotopic (exact) mass is 328 g/mol. The third-order valence-corrected chi connectivity index (χ3v) is 4.28. The third-order valence-electron chi connectivity index (χ3n) is 4.28. The Morgan fingerprint density at radius 2 is 1.83 bits per heavy atom. The standard InChI is InChI=1S/C19H28N4O/c1-14-5-7-17(8-6-14)13-23-16(3)18(15(2)22-23)9-10-19(24)21-12-11-20-4/h5-8,20H,9-13H2,1-4H3,(H,21,24). The molecule has 0 fully saturated rings. The molecule has 0 spiro atoms. The normalized spacial score (nSPS) is 10.8. The van der Waals surface area contributed by atoms with Crippen molar-refractivity contribution >= 4 is 5.91 Å². The molecule has 1 aromatic carbocycles. The summed E-state index contributed by atoms with van der Waals surface area (Å²) in [4.78, 5) is 11.9. The number of nitrogens with zero attached hydrogens (tertiary/aromatic N) is 2. The maximum absolute atomic E-state index is 11.9. The number of rotatable bonds is 8. The highest BCUT2D eigenvalue weighted by Gasteiger charge is 2.13. The fourth-order valence-corrected chi connectivity index (χ4v) is 2.77. The Balaban J connectivity index is 1.98. The molecule has 24 heavy (non-hydrogen) atoms. The summed E-state index contributed by atoms with van der Waals surface area (Å²) in [5.74, 6) is 0.0929. The number of aryl methyl sites for hydroxylation is 2. The minimum Gasteiger partial charge on any atom is -0.355 e. The second kappa shape index (κ2) is 8.64. The van der Waals surface area contributed by atoms with Crippen LogP contribution in [0.1, 0.15) is 34.5 Å². The van der Waals surface area contributed by atoms with E-state index >= 15 is 0 Å². The average Bonchev–Trinajstić information content (AvgIpc) is 2.82. The predicted octanol–water partition coefficient (Wildman–Crippen LogP) is 2.12. The van der Waals surface area contributed by atoms with Crippen molar-refractivity contribution < 1.29 is 4.79 Å². The zero-order chi connectivity index (χ0) is 17.5. The van der Waals surface area contributed by atoms with Crippen LogP contribution in [0.5, 0.6) is 0 Å². The van der Waals surface area contributed by atoms with Crippen molar-refractivity contribution in [2.45, 2.75) is 40.2 Å². The van der Waals surface area contributed by atoms with Crippen LogP contribution in [-0.4, -0.2) is 35.8 Å². The highest BCUT2D eigenvalue weighted by atomic mass is 16.1. The molecule has 0 aliphatic heterocycles. The molecule has 1 heterocycles. The fourth-order valence-electron chi connectivity index (χ4n) is 2.77. The number of amides is 1. The number of hydrogen-bond donors (Lipinski definition) is 2. The summed E-state index contributed by atoms with van der Waals surface area (Å²) in [5.41, 5.74) is 5.85. The largest absolute Gasteiger partial charge is 0.355 e. The topological polar surface area (TPSA) is 58.9 Å². The molecule has 0 aliphatic rings. The lowest BCUT2D eigenvalue weighted by Crippen LogP contribution is -2.30. The van der Waals surface area contributed by atoms with Gasteiger partial charge in [0.05, 0.1) is 12.2 Å². The van der Waals surface area contributed by atoms with Crippen LogP contribution in [0, 0.1) is 20.8 Å². The summed E-state index contributed by atoms with van der Waals surface area (Å²) in [6.45, 7) is 8.42. The summed E-state index contributed by atoms with van der Waals surface area (Å²) in [6.07, 6.45) is 1.23. The summed E-state index contributed by atoms with van der Waals surface area (Å²) in [7, 11) is 1.88. The van der Waals surface area contributed by atoms with Gasteiger partial charge in [0.25, 0.3) is 0 Å². The predicted molar refractivity (Wildman–Crippen MR) is 97.2 cm³/mol. The van der Waals surface area contributed by atoms with E-state index in [1.54, 1.807) is 0 Å². The Kier molecular flexibility index (Phi) is 6.55. The lowest BCUT2D eigenvalue weighted by atomic mass is 10.1. The molecule has 1 amide bonds. The van der Waals surface area contributed by atoms with Crippen molar-refractivity contribution in [1.29, 1.82) is 0 Å². The van der Waals surface area contributed by atoms with Crippen LogP contribution in [0.2, 0.25) is 0 Å². The third kappa shape index (κ3) is 4.93. The Bertz CT molecular complexity index is 673. The maximum Gasteiger partial charge on any atom is 0.220 e. The molecule has 0 saturated carbocycles. The van der Waals surface area contributed by atoms with Crippen molar-refractivity contribution in [1.82, 2.24) is 20.4 Å². The molecule has 0 bridgehead atoms. The smallest absolute Gasteiger partial charge is 0.220 e. The highest BCUT2D eigenvalue weighted by molar-refractivity contribution is 5.76. The zero-order valence-corrected chi connectivity index (χ0v) is 15.1. The van der Waals surface area contributed by atoms with Gasteiger partial charge in [-0.15, -0.1) is 0 Å². The van der Waals surface area contributed by atoms with Gasteiger partial charge in [-0.05, 0) is 45.4 Å². The second-order valence-corrected chi connectivity index (χ2v) is 6.25. The van der Waals surface area contributed by atoms with Crippen molar-refractivity contribution in [2.24, 2.45) is 0 Å². The summed E-state index contributed by atoms with van der Waals surface area (Å²) in [5, 5.41) is 10.6. The van der Waals surface area contributed by atoms with Gasteiger partial charge in [0.15, 0.2) is 0 Å². The van der Waals surface area contributed by atoms with Crippen molar-refractivity contribution in [3.63, 3.8) is 0 Å². The molecule has 0 aliphatic carbocycles. The van der Waals surface area contributed by atoms with E-state index in [-0.39, 0.29) is 5.91 Å². The minimum atomic E-state index is 0.0929. The van der Waals surface area contributed by atoms with E-state index in [0.29, 0.717) is 13.0 Å². The quantitative estimate of drug-likeness (QED) is 0.730. The van der Waals surface area contributed by atoms with E-state index in [4.69, 9.17) is 0 Å². The molecule has 2 N–H and O–H groups in total. The first-order valence-corrected chi connectivity index (χ1v) is 8.51. The average molecular weight is 328 g/mol. The van der Waals surface area contributed by atoms with Crippen LogP contribution in [0.4, 0.5) is 0 Å².